The van der Waals surface area contributed by atoms with Gasteiger partial charge in [-0.2, -0.15) is 5.26 Å². The van der Waals surface area contributed by atoms with E-state index < -0.39 is 12.9 Å². The number of rotatable bonds is 4. The van der Waals surface area contributed by atoms with Crippen molar-refractivity contribution in [3.8, 4) is 11.8 Å². The monoisotopic (exact) mass is 271 g/mol. The van der Waals surface area contributed by atoms with Gasteiger partial charge in [0.05, 0.1) is 5.56 Å². The Bertz CT molecular complexity index is 655. The Morgan fingerprint density at radius 2 is 1.95 bits per heavy atom. The quantitative estimate of drug-likeness (QED) is 0.812. The highest BCUT2D eigenvalue weighted by Gasteiger charge is 2.16. The summed E-state index contributed by atoms with van der Waals surface area (Å²) in [6, 6.07) is 12.4. The number of benzene rings is 2. The standard InChI is InChI=1S/C14H11BFNO3/c16-13-6-5-10(7-11(13)8-17)9-20-14-4-2-1-3-12(14)15(18)19/h1-7,18-19H,9H2. The summed E-state index contributed by atoms with van der Waals surface area (Å²) in [5.41, 5.74) is 0.807. The third-order valence-corrected chi connectivity index (χ3v) is 2.74. The average molecular weight is 271 g/mol. The minimum Gasteiger partial charge on any atom is -0.489 e. The van der Waals surface area contributed by atoms with Gasteiger partial charge >= 0.3 is 7.12 Å². The minimum atomic E-state index is -1.63. The van der Waals surface area contributed by atoms with E-state index in [2.05, 4.69) is 0 Å². The van der Waals surface area contributed by atoms with Crippen molar-refractivity contribution in [3.05, 3.63) is 59.4 Å². The molecule has 20 heavy (non-hydrogen) atoms. The third-order valence-electron chi connectivity index (χ3n) is 2.74. The first-order valence-corrected chi connectivity index (χ1v) is 5.88. The molecule has 2 rings (SSSR count). The van der Waals surface area contributed by atoms with E-state index >= 15 is 0 Å². The first-order chi connectivity index (χ1) is 9.61. The van der Waals surface area contributed by atoms with Crippen LogP contribution in [0.3, 0.4) is 0 Å². The molecule has 4 nitrogen and oxygen atoms in total. The molecule has 0 fully saturated rings. The van der Waals surface area contributed by atoms with Gasteiger partial charge in [-0.05, 0) is 23.8 Å². The first kappa shape index (κ1) is 14.1. The van der Waals surface area contributed by atoms with Crippen molar-refractivity contribution in [2.24, 2.45) is 0 Å². The lowest BCUT2D eigenvalue weighted by Gasteiger charge is -2.11. The fraction of sp³-hybridized carbons (Fsp3) is 0.0714. The predicted octanol–water partition coefficient (Wildman–Crippen LogP) is 0.956. The predicted molar refractivity (Wildman–Crippen MR) is 71.7 cm³/mol. The van der Waals surface area contributed by atoms with Crippen LogP contribution in [0.25, 0.3) is 0 Å². The molecule has 0 heterocycles. The van der Waals surface area contributed by atoms with Crippen molar-refractivity contribution in [2.45, 2.75) is 6.61 Å². The molecule has 2 aromatic carbocycles. The molecule has 0 radical (unpaired) electrons. The zero-order valence-electron chi connectivity index (χ0n) is 10.5. The van der Waals surface area contributed by atoms with Gasteiger partial charge < -0.3 is 14.8 Å². The maximum atomic E-state index is 13.2. The van der Waals surface area contributed by atoms with E-state index in [9.17, 15) is 14.4 Å². The van der Waals surface area contributed by atoms with Gasteiger partial charge in [0.15, 0.2) is 0 Å². The van der Waals surface area contributed by atoms with Gasteiger partial charge in [-0.25, -0.2) is 4.39 Å². The molecule has 0 atom stereocenters. The number of ether oxygens (including phenoxy) is 1. The van der Waals surface area contributed by atoms with E-state index in [1.807, 2.05) is 0 Å². The summed E-state index contributed by atoms with van der Waals surface area (Å²) in [5.74, 6) is -0.257. The SMILES string of the molecule is N#Cc1cc(COc2ccccc2B(O)O)ccc1F. The Morgan fingerprint density at radius 1 is 1.20 bits per heavy atom. The van der Waals surface area contributed by atoms with Crippen LogP contribution in [0.4, 0.5) is 4.39 Å². The zero-order valence-corrected chi connectivity index (χ0v) is 10.5. The Kier molecular flexibility index (Phi) is 4.36. The Hall–Kier alpha value is -2.36. The molecular formula is C14H11BFNO3. The molecule has 2 N–H and O–H groups in total. The molecule has 0 aromatic heterocycles. The molecular weight excluding hydrogens is 260 g/mol. The van der Waals surface area contributed by atoms with Crippen molar-refractivity contribution in [2.75, 3.05) is 0 Å². The van der Waals surface area contributed by atoms with Crippen molar-refractivity contribution in [1.29, 1.82) is 5.26 Å². The third kappa shape index (κ3) is 3.15. The largest absolute Gasteiger partial charge is 0.492 e. The van der Waals surface area contributed by atoms with Crippen LogP contribution in [0.2, 0.25) is 0 Å². The van der Waals surface area contributed by atoms with E-state index in [0.717, 1.165) is 0 Å². The first-order valence-electron chi connectivity index (χ1n) is 5.88. The molecule has 0 spiro atoms. The number of hydrogen-bond acceptors (Lipinski definition) is 4. The van der Waals surface area contributed by atoms with Gasteiger partial charge in [0, 0.05) is 5.46 Å². The highest BCUT2D eigenvalue weighted by molar-refractivity contribution is 6.59. The molecule has 0 aliphatic rings. The lowest BCUT2D eigenvalue weighted by atomic mass is 9.79. The molecule has 0 saturated heterocycles. The number of hydrogen-bond donors (Lipinski definition) is 2. The Morgan fingerprint density at radius 3 is 2.65 bits per heavy atom. The second-order valence-corrected chi connectivity index (χ2v) is 4.13. The second kappa shape index (κ2) is 6.19. The van der Waals surface area contributed by atoms with Gasteiger partial charge in [-0.1, -0.05) is 24.3 Å². The lowest BCUT2D eigenvalue weighted by Crippen LogP contribution is -2.31. The second-order valence-electron chi connectivity index (χ2n) is 4.13. The summed E-state index contributed by atoms with van der Waals surface area (Å²) >= 11 is 0. The smallest absolute Gasteiger partial charge is 0.489 e. The Balaban J connectivity index is 2.15. The molecule has 0 saturated carbocycles. The van der Waals surface area contributed by atoms with Crippen LogP contribution in [0.15, 0.2) is 42.5 Å². The van der Waals surface area contributed by atoms with Crippen molar-refractivity contribution >= 4 is 12.6 Å². The molecule has 100 valence electrons. The summed E-state index contributed by atoms with van der Waals surface area (Å²) in [6.45, 7) is 0.0959. The van der Waals surface area contributed by atoms with Crippen molar-refractivity contribution in [1.82, 2.24) is 0 Å². The fourth-order valence-corrected chi connectivity index (χ4v) is 1.73. The van der Waals surface area contributed by atoms with E-state index in [-0.39, 0.29) is 17.6 Å². The summed E-state index contributed by atoms with van der Waals surface area (Å²) in [5, 5.41) is 27.2. The van der Waals surface area contributed by atoms with Gasteiger partial charge in [0.1, 0.15) is 24.2 Å². The number of para-hydroxylation sites is 1. The molecule has 6 heteroatoms. The van der Waals surface area contributed by atoms with Crippen LogP contribution in [0.1, 0.15) is 11.1 Å². The summed E-state index contributed by atoms with van der Waals surface area (Å²) in [6.07, 6.45) is 0. The zero-order chi connectivity index (χ0) is 14.5. The molecule has 0 bridgehead atoms. The lowest BCUT2D eigenvalue weighted by molar-refractivity contribution is 0.306. The normalized spacial score (nSPS) is 9.90. The van der Waals surface area contributed by atoms with Crippen LogP contribution >= 0.6 is 0 Å². The Labute approximate surface area is 115 Å². The van der Waals surface area contributed by atoms with Crippen LogP contribution in [0.5, 0.6) is 5.75 Å². The number of nitriles is 1. The summed E-state index contributed by atoms with van der Waals surface area (Å²) in [7, 11) is -1.63. The highest BCUT2D eigenvalue weighted by atomic mass is 19.1. The molecule has 0 aliphatic heterocycles. The van der Waals surface area contributed by atoms with Crippen LogP contribution < -0.4 is 10.2 Å². The van der Waals surface area contributed by atoms with E-state index in [0.29, 0.717) is 11.3 Å². The number of halogens is 1. The van der Waals surface area contributed by atoms with E-state index in [1.54, 1.807) is 24.3 Å². The van der Waals surface area contributed by atoms with E-state index in [4.69, 9.17) is 10.00 Å². The maximum absolute atomic E-state index is 13.2. The van der Waals surface area contributed by atoms with E-state index in [1.165, 1.54) is 24.3 Å². The molecule has 0 unspecified atom stereocenters. The average Bonchev–Trinajstić information content (AvgIpc) is 2.46. The minimum absolute atomic E-state index is 0.0541. The van der Waals surface area contributed by atoms with Gasteiger partial charge in [-0.3, -0.25) is 0 Å². The fourth-order valence-electron chi connectivity index (χ4n) is 1.73. The van der Waals surface area contributed by atoms with Gasteiger partial charge in [0.2, 0.25) is 0 Å². The molecule has 2 aromatic rings. The molecule has 0 aliphatic carbocycles. The van der Waals surface area contributed by atoms with Gasteiger partial charge in [0.25, 0.3) is 0 Å². The van der Waals surface area contributed by atoms with Crippen molar-refractivity contribution < 1.29 is 19.2 Å². The van der Waals surface area contributed by atoms with Crippen LogP contribution in [-0.4, -0.2) is 17.2 Å². The van der Waals surface area contributed by atoms with Crippen molar-refractivity contribution in [3.63, 3.8) is 0 Å². The molecule has 0 amide bonds. The number of nitrogens with zero attached hydrogens (tertiary/aromatic N) is 1. The summed E-state index contributed by atoms with van der Waals surface area (Å²) in [4.78, 5) is 0. The summed E-state index contributed by atoms with van der Waals surface area (Å²) < 4.78 is 18.6. The van der Waals surface area contributed by atoms with Gasteiger partial charge in [-0.15, -0.1) is 0 Å². The van der Waals surface area contributed by atoms with Crippen LogP contribution in [0, 0.1) is 17.1 Å². The highest BCUT2D eigenvalue weighted by Crippen LogP contribution is 2.13. The maximum Gasteiger partial charge on any atom is 0.492 e. The topological polar surface area (TPSA) is 73.5 Å². The van der Waals surface area contributed by atoms with Crippen LogP contribution in [-0.2, 0) is 6.61 Å².